The van der Waals surface area contributed by atoms with E-state index in [9.17, 15) is 0 Å². The molecule has 4 heteroatoms. The minimum atomic E-state index is 0.0105. The van der Waals surface area contributed by atoms with Crippen molar-refractivity contribution >= 4 is 31.9 Å². The van der Waals surface area contributed by atoms with Gasteiger partial charge in [-0.15, -0.1) is 0 Å². The molecule has 0 N–H and O–H groups in total. The standard InChI is InChI=1S/C17H24Br2O2/c1-4-5-6-7-8-16(12-17(16,18)19)13-9-14(20-2)11-15(10-13)21-3/h9-11H,4-8,12H2,1-3H3. The third-order valence-electron chi connectivity index (χ3n) is 4.46. The molecule has 1 saturated carbocycles. The van der Waals surface area contributed by atoms with Crippen molar-refractivity contribution < 1.29 is 9.47 Å². The predicted octanol–water partition coefficient (Wildman–Crippen LogP) is 5.80. The third-order valence-corrected chi connectivity index (χ3v) is 6.54. The van der Waals surface area contributed by atoms with Crippen LogP contribution in [0.4, 0.5) is 0 Å². The Balaban J connectivity index is 2.23. The molecule has 1 aliphatic carbocycles. The van der Waals surface area contributed by atoms with Gasteiger partial charge in [-0.2, -0.15) is 0 Å². The van der Waals surface area contributed by atoms with Gasteiger partial charge >= 0.3 is 0 Å². The Hall–Kier alpha value is -0.220. The Morgan fingerprint density at radius 3 is 2.00 bits per heavy atom. The van der Waals surface area contributed by atoms with Crippen LogP contribution >= 0.6 is 31.9 Å². The van der Waals surface area contributed by atoms with E-state index < -0.39 is 0 Å². The lowest BCUT2D eigenvalue weighted by Crippen LogP contribution is -2.15. The largest absolute Gasteiger partial charge is 0.497 e. The fourth-order valence-corrected chi connectivity index (χ4v) is 4.81. The van der Waals surface area contributed by atoms with Gasteiger partial charge in [0.25, 0.3) is 0 Å². The van der Waals surface area contributed by atoms with Gasteiger partial charge in [-0.25, -0.2) is 0 Å². The van der Waals surface area contributed by atoms with Crippen molar-refractivity contribution in [1.82, 2.24) is 0 Å². The average Bonchev–Trinajstić information content (AvgIpc) is 3.06. The molecule has 0 spiro atoms. The van der Waals surface area contributed by atoms with Crippen LogP contribution in [0.2, 0.25) is 0 Å². The molecule has 0 aromatic heterocycles. The van der Waals surface area contributed by atoms with Crippen molar-refractivity contribution in [3.8, 4) is 11.5 Å². The first kappa shape index (κ1) is 17.1. The van der Waals surface area contributed by atoms with Crippen LogP contribution < -0.4 is 9.47 Å². The second-order valence-electron chi connectivity index (χ2n) is 5.88. The molecule has 2 rings (SSSR count). The van der Waals surface area contributed by atoms with Gasteiger partial charge in [-0.1, -0.05) is 64.5 Å². The van der Waals surface area contributed by atoms with Gasteiger partial charge in [-0.05, 0) is 30.5 Å². The van der Waals surface area contributed by atoms with E-state index in [4.69, 9.17) is 9.47 Å². The van der Waals surface area contributed by atoms with Crippen molar-refractivity contribution in [1.29, 1.82) is 0 Å². The molecule has 0 radical (unpaired) electrons. The average molecular weight is 420 g/mol. The van der Waals surface area contributed by atoms with Crippen molar-refractivity contribution in [3.63, 3.8) is 0 Å². The summed E-state index contributed by atoms with van der Waals surface area (Å²) in [7, 11) is 3.41. The number of unbranched alkanes of at least 4 members (excludes halogenated alkanes) is 3. The second-order valence-corrected chi connectivity index (χ2v) is 9.65. The number of methoxy groups -OCH3 is 2. The minimum absolute atomic E-state index is 0.0105. The molecule has 0 heterocycles. The molecule has 0 amide bonds. The summed E-state index contributed by atoms with van der Waals surface area (Å²) in [6.45, 7) is 2.25. The third kappa shape index (κ3) is 3.58. The zero-order chi connectivity index (χ0) is 15.5. The number of halogens is 2. The summed E-state index contributed by atoms with van der Waals surface area (Å²) in [4.78, 5) is 0. The summed E-state index contributed by atoms with van der Waals surface area (Å²) in [6.07, 6.45) is 7.42. The molecule has 0 bridgehead atoms. The molecule has 1 atom stereocenters. The zero-order valence-corrected chi connectivity index (χ0v) is 16.2. The van der Waals surface area contributed by atoms with Gasteiger partial charge in [0.15, 0.2) is 0 Å². The van der Waals surface area contributed by atoms with Crippen molar-refractivity contribution in [2.45, 2.75) is 54.1 Å². The quantitative estimate of drug-likeness (QED) is 0.391. The van der Waals surface area contributed by atoms with E-state index in [1.807, 2.05) is 6.07 Å². The first-order valence-corrected chi connectivity index (χ1v) is 9.19. The summed E-state index contributed by atoms with van der Waals surface area (Å²) in [5, 5.41) is 0. The maximum absolute atomic E-state index is 5.42. The molecule has 1 unspecified atom stereocenters. The van der Waals surface area contributed by atoms with Gasteiger partial charge < -0.3 is 9.47 Å². The number of ether oxygens (including phenoxy) is 2. The minimum Gasteiger partial charge on any atom is -0.497 e. The van der Waals surface area contributed by atoms with Crippen LogP contribution in [0.25, 0.3) is 0 Å². The van der Waals surface area contributed by atoms with Crippen LogP contribution in [0.3, 0.4) is 0 Å². The summed E-state index contributed by atoms with van der Waals surface area (Å²) in [5.74, 6) is 1.72. The van der Waals surface area contributed by atoms with Gasteiger partial charge in [-0.3, -0.25) is 0 Å². The first-order chi connectivity index (χ1) is 9.99. The van der Waals surface area contributed by atoms with Crippen LogP contribution in [-0.4, -0.2) is 17.5 Å². The van der Waals surface area contributed by atoms with Crippen molar-refractivity contribution in [3.05, 3.63) is 23.8 Å². The second kappa shape index (κ2) is 6.91. The van der Waals surface area contributed by atoms with E-state index in [1.165, 1.54) is 37.7 Å². The molecule has 2 nitrogen and oxygen atoms in total. The summed E-state index contributed by atoms with van der Waals surface area (Å²) in [5.41, 5.74) is 1.44. The molecular weight excluding hydrogens is 396 g/mol. The van der Waals surface area contributed by atoms with E-state index in [0.717, 1.165) is 17.9 Å². The van der Waals surface area contributed by atoms with E-state index in [0.29, 0.717) is 0 Å². The lowest BCUT2D eigenvalue weighted by atomic mass is 9.89. The van der Waals surface area contributed by atoms with E-state index >= 15 is 0 Å². The first-order valence-electron chi connectivity index (χ1n) is 7.60. The molecule has 0 saturated heterocycles. The lowest BCUT2D eigenvalue weighted by molar-refractivity contribution is 0.391. The van der Waals surface area contributed by atoms with Gasteiger partial charge in [0, 0.05) is 11.5 Å². The van der Waals surface area contributed by atoms with Crippen LogP contribution in [-0.2, 0) is 5.41 Å². The molecule has 1 aromatic carbocycles. The molecule has 0 aliphatic heterocycles. The summed E-state index contributed by atoms with van der Waals surface area (Å²) < 4.78 is 10.9. The Bertz CT molecular complexity index is 465. The highest BCUT2D eigenvalue weighted by molar-refractivity contribution is 9.25. The molecule has 1 aliphatic rings. The highest BCUT2D eigenvalue weighted by atomic mass is 79.9. The van der Waals surface area contributed by atoms with Crippen LogP contribution in [0.5, 0.6) is 11.5 Å². The van der Waals surface area contributed by atoms with Gasteiger partial charge in [0.05, 0.1) is 17.5 Å². The highest BCUT2D eigenvalue weighted by Crippen LogP contribution is 2.69. The molecule has 21 heavy (non-hydrogen) atoms. The summed E-state index contributed by atoms with van der Waals surface area (Å²) in [6, 6.07) is 6.22. The SMILES string of the molecule is CCCCCCC1(c2cc(OC)cc(OC)c2)CC1(Br)Br. The lowest BCUT2D eigenvalue weighted by Gasteiger charge is -2.21. The maximum atomic E-state index is 5.42. The molecule has 118 valence electrons. The number of hydrogen-bond donors (Lipinski definition) is 0. The van der Waals surface area contributed by atoms with E-state index in [2.05, 4.69) is 50.9 Å². The number of hydrogen-bond acceptors (Lipinski definition) is 2. The Labute approximate surface area is 144 Å². The number of rotatable bonds is 8. The predicted molar refractivity (Wildman–Crippen MR) is 95.2 cm³/mol. The van der Waals surface area contributed by atoms with E-state index in [1.54, 1.807) is 14.2 Å². The van der Waals surface area contributed by atoms with Crippen LogP contribution in [0.1, 0.15) is 51.0 Å². The van der Waals surface area contributed by atoms with Crippen molar-refractivity contribution in [2.75, 3.05) is 14.2 Å². The highest BCUT2D eigenvalue weighted by Gasteiger charge is 2.65. The Morgan fingerprint density at radius 1 is 1.00 bits per heavy atom. The summed E-state index contributed by atoms with van der Waals surface area (Å²) >= 11 is 7.69. The zero-order valence-electron chi connectivity index (χ0n) is 13.0. The Kier molecular flexibility index (Phi) is 5.64. The number of benzene rings is 1. The fourth-order valence-electron chi connectivity index (χ4n) is 3.00. The van der Waals surface area contributed by atoms with Gasteiger partial charge in [0.1, 0.15) is 11.5 Å². The van der Waals surface area contributed by atoms with Crippen molar-refractivity contribution in [2.24, 2.45) is 0 Å². The normalized spacial score (nSPS) is 22.9. The Morgan fingerprint density at radius 2 is 1.57 bits per heavy atom. The smallest absolute Gasteiger partial charge is 0.122 e. The number of alkyl halides is 2. The molecular formula is C17H24Br2O2. The fraction of sp³-hybridized carbons (Fsp3) is 0.647. The molecule has 1 fully saturated rings. The maximum Gasteiger partial charge on any atom is 0.122 e. The topological polar surface area (TPSA) is 18.5 Å². The van der Waals surface area contributed by atoms with Crippen LogP contribution in [0.15, 0.2) is 18.2 Å². The van der Waals surface area contributed by atoms with Crippen LogP contribution in [0, 0.1) is 0 Å². The molecule has 1 aromatic rings. The van der Waals surface area contributed by atoms with E-state index in [-0.39, 0.29) is 8.65 Å². The van der Waals surface area contributed by atoms with Gasteiger partial charge in [0.2, 0.25) is 0 Å². The monoisotopic (exact) mass is 418 g/mol.